The van der Waals surface area contributed by atoms with Gasteiger partial charge in [0.2, 0.25) is 10.0 Å². The van der Waals surface area contributed by atoms with E-state index in [9.17, 15) is 18.5 Å². The van der Waals surface area contributed by atoms with Gasteiger partial charge in [-0.05, 0) is 37.8 Å². The maximum absolute atomic E-state index is 11.4. The number of ether oxygens (including phenoxy) is 1. The molecule has 1 saturated carbocycles. The highest BCUT2D eigenvalue weighted by molar-refractivity contribution is 7.89. The summed E-state index contributed by atoms with van der Waals surface area (Å²) in [7, 11) is -3.98. The van der Waals surface area contributed by atoms with E-state index in [2.05, 4.69) is 5.32 Å². The second-order valence-electron chi connectivity index (χ2n) is 6.91. The van der Waals surface area contributed by atoms with Crippen molar-refractivity contribution in [3.63, 3.8) is 0 Å². The first-order chi connectivity index (χ1) is 11.8. The highest BCUT2D eigenvalue weighted by Crippen LogP contribution is 2.40. The van der Waals surface area contributed by atoms with Gasteiger partial charge in [-0.25, -0.2) is 13.6 Å². The summed E-state index contributed by atoms with van der Waals surface area (Å²) in [5, 5.41) is 19.6. The highest BCUT2D eigenvalue weighted by atomic mass is 32.2. The average Bonchev–Trinajstić information content (AvgIpc) is 2.55. The van der Waals surface area contributed by atoms with Gasteiger partial charge < -0.3 is 10.1 Å². The molecule has 9 heteroatoms. The van der Waals surface area contributed by atoms with Crippen LogP contribution in [0, 0.1) is 10.1 Å². The minimum absolute atomic E-state index is 0.0610. The van der Waals surface area contributed by atoms with Gasteiger partial charge in [0.25, 0.3) is 5.69 Å². The molecule has 1 unspecified atom stereocenters. The normalized spacial score (nSPS) is 23.3. The first kappa shape index (κ1) is 18.1. The van der Waals surface area contributed by atoms with E-state index in [4.69, 9.17) is 9.88 Å². The maximum Gasteiger partial charge on any atom is 0.293 e. The Bertz CT molecular complexity index is 754. The Labute approximate surface area is 146 Å². The Morgan fingerprint density at radius 3 is 2.64 bits per heavy atom. The summed E-state index contributed by atoms with van der Waals surface area (Å²) in [5.74, 6) is 0. The first-order valence-electron chi connectivity index (χ1n) is 8.51. The van der Waals surface area contributed by atoms with Crippen LogP contribution < -0.4 is 10.5 Å². The molecule has 1 aromatic rings. The van der Waals surface area contributed by atoms with Crippen molar-refractivity contribution < 1.29 is 18.1 Å². The van der Waals surface area contributed by atoms with Gasteiger partial charge in [-0.2, -0.15) is 0 Å². The number of rotatable bonds is 4. The predicted octanol–water partition coefficient (Wildman–Crippen LogP) is 2.54. The van der Waals surface area contributed by atoms with E-state index in [0.717, 1.165) is 44.6 Å². The van der Waals surface area contributed by atoms with Gasteiger partial charge in [-0.15, -0.1) is 0 Å². The minimum Gasteiger partial charge on any atom is -0.377 e. The number of benzene rings is 1. The zero-order valence-corrected chi connectivity index (χ0v) is 14.8. The van der Waals surface area contributed by atoms with Crippen LogP contribution in [-0.2, 0) is 14.8 Å². The Kier molecular flexibility index (Phi) is 4.99. The number of nitro benzene ring substituents is 1. The summed E-state index contributed by atoms with van der Waals surface area (Å²) in [4.78, 5) is 10.5. The van der Waals surface area contributed by atoms with Crippen molar-refractivity contribution in [3.8, 4) is 0 Å². The molecule has 1 heterocycles. The van der Waals surface area contributed by atoms with E-state index >= 15 is 0 Å². The van der Waals surface area contributed by atoms with Crippen LogP contribution in [0.5, 0.6) is 0 Å². The average molecular weight is 369 g/mol. The molecule has 0 amide bonds. The van der Waals surface area contributed by atoms with Crippen molar-refractivity contribution in [2.24, 2.45) is 5.14 Å². The zero-order valence-electron chi connectivity index (χ0n) is 13.9. The number of primary sulfonamides is 1. The van der Waals surface area contributed by atoms with Gasteiger partial charge in [0.15, 0.2) is 0 Å². The summed E-state index contributed by atoms with van der Waals surface area (Å²) in [6.07, 6.45) is 7.14. The van der Waals surface area contributed by atoms with E-state index in [1.807, 2.05) is 0 Å². The first-order valence-corrected chi connectivity index (χ1v) is 10.1. The summed E-state index contributed by atoms with van der Waals surface area (Å²) in [5.41, 5.74) is -0.0882. The van der Waals surface area contributed by atoms with Gasteiger partial charge >= 0.3 is 0 Å². The van der Waals surface area contributed by atoms with E-state index in [1.54, 1.807) is 0 Å². The monoisotopic (exact) mass is 369 g/mol. The molecular formula is C16H23N3O5S. The lowest BCUT2D eigenvalue weighted by atomic mass is 9.78. The molecule has 2 aliphatic rings. The van der Waals surface area contributed by atoms with Gasteiger partial charge in [-0.1, -0.05) is 19.3 Å². The molecule has 25 heavy (non-hydrogen) atoms. The Balaban J connectivity index is 1.81. The molecule has 1 spiro atoms. The van der Waals surface area contributed by atoms with Gasteiger partial charge in [-0.3, -0.25) is 10.1 Å². The Hall–Kier alpha value is -1.71. The number of nitrogens with two attached hydrogens (primary N) is 1. The summed E-state index contributed by atoms with van der Waals surface area (Å²) in [6, 6.07) is 3.78. The van der Waals surface area contributed by atoms with Crippen LogP contribution in [0.2, 0.25) is 0 Å². The van der Waals surface area contributed by atoms with Crippen molar-refractivity contribution in [2.75, 3.05) is 11.9 Å². The van der Waals surface area contributed by atoms with Crippen LogP contribution in [0.1, 0.15) is 44.9 Å². The summed E-state index contributed by atoms with van der Waals surface area (Å²) < 4.78 is 28.9. The zero-order chi connectivity index (χ0) is 18.1. The highest BCUT2D eigenvalue weighted by Gasteiger charge is 2.38. The molecule has 1 atom stereocenters. The fraction of sp³-hybridized carbons (Fsp3) is 0.625. The standard InChI is InChI=1S/C16H23N3O5S/c17-25(22,23)13-4-5-14(15(10-13)19(20)21)18-12-6-9-24-16(11-12)7-2-1-3-8-16/h4-5,10,12,18H,1-3,6-9,11H2,(H2,17,22,23). The molecular weight excluding hydrogens is 346 g/mol. The molecule has 3 rings (SSSR count). The van der Waals surface area contributed by atoms with E-state index < -0.39 is 14.9 Å². The molecule has 1 aromatic carbocycles. The molecule has 0 radical (unpaired) electrons. The summed E-state index contributed by atoms with van der Waals surface area (Å²) in [6.45, 7) is 0.626. The van der Waals surface area contributed by atoms with Crippen molar-refractivity contribution in [3.05, 3.63) is 28.3 Å². The molecule has 1 aliphatic heterocycles. The molecule has 2 fully saturated rings. The predicted molar refractivity (Wildman–Crippen MR) is 92.9 cm³/mol. The number of nitro groups is 1. The number of anilines is 1. The minimum atomic E-state index is -3.98. The molecule has 0 bridgehead atoms. The Morgan fingerprint density at radius 1 is 1.28 bits per heavy atom. The second kappa shape index (κ2) is 6.89. The lowest BCUT2D eigenvalue weighted by Crippen LogP contribution is -2.45. The third-order valence-corrected chi connectivity index (χ3v) is 6.02. The van der Waals surface area contributed by atoms with Gasteiger partial charge in [0.05, 0.1) is 15.4 Å². The Morgan fingerprint density at radius 2 is 2.00 bits per heavy atom. The van der Waals surface area contributed by atoms with Crippen LogP contribution >= 0.6 is 0 Å². The van der Waals surface area contributed by atoms with Crippen LogP contribution in [0.3, 0.4) is 0 Å². The van der Waals surface area contributed by atoms with Gasteiger partial charge in [0.1, 0.15) is 5.69 Å². The molecule has 138 valence electrons. The smallest absolute Gasteiger partial charge is 0.293 e. The van der Waals surface area contributed by atoms with Crippen LogP contribution in [0.15, 0.2) is 23.1 Å². The molecule has 3 N–H and O–H groups in total. The number of hydrogen-bond donors (Lipinski definition) is 2. The lowest BCUT2D eigenvalue weighted by molar-refractivity contribution is -0.384. The van der Waals surface area contributed by atoms with Crippen LogP contribution in [0.25, 0.3) is 0 Å². The number of hydrogen-bond acceptors (Lipinski definition) is 6. The fourth-order valence-corrected chi connectivity index (χ4v) is 4.41. The number of nitrogens with one attached hydrogen (secondary N) is 1. The van der Waals surface area contributed by atoms with Crippen molar-refractivity contribution in [1.29, 1.82) is 0 Å². The van der Waals surface area contributed by atoms with Crippen LogP contribution in [-0.4, -0.2) is 31.6 Å². The fourth-order valence-electron chi connectivity index (χ4n) is 3.88. The summed E-state index contributed by atoms with van der Waals surface area (Å²) >= 11 is 0. The topological polar surface area (TPSA) is 125 Å². The van der Waals surface area contributed by atoms with Crippen molar-refractivity contribution in [1.82, 2.24) is 0 Å². The quantitative estimate of drug-likeness (QED) is 0.621. The molecule has 1 saturated heterocycles. The number of sulfonamides is 1. The SMILES string of the molecule is NS(=O)(=O)c1ccc(NC2CCOC3(CCCCC3)C2)c([N+](=O)[O-])c1. The molecule has 1 aliphatic carbocycles. The largest absolute Gasteiger partial charge is 0.377 e. The van der Waals surface area contributed by atoms with E-state index in [0.29, 0.717) is 12.3 Å². The third-order valence-electron chi connectivity index (χ3n) is 5.11. The molecule has 0 aromatic heterocycles. The van der Waals surface area contributed by atoms with E-state index in [-0.39, 0.29) is 22.2 Å². The number of nitrogens with zero attached hydrogens (tertiary/aromatic N) is 1. The second-order valence-corrected chi connectivity index (χ2v) is 8.47. The van der Waals surface area contributed by atoms with Crippen LogP contribution in [0.4, 0.5) is 11.4 Å². The molecule has 8 nitrogen and oxygen atoms in total. The third kappa shape index (κ3) is 4.10. The van der Waals surface area contributed by atoms with Crippen molar-refractivity contribution in [2.45, 2.75) is 61.5 Å². The van der Waals surface area contributed by atoms with E-state index in [1.165, 1.54) is 18.6 Å². The maximum atomic E-state index is 11.4. The lowest BCUT2D eigenvalue weighted by Gasteiger charge is -2.43. The van der Waals surface area contributed by atoms with Crippen molar-refractivity contribution >= 4 is 21.4 Å². The van der Waals surface area contributed by atoms with Gasteiger partial charge in [0, 0.05) is 18.7 Å².